The van der Waals surface area contributed by atoms with Crippen LogP contribution >= 0.6 is 0 Å². The van der Waals surface area contributed by atoms with Gasteiger partial charge in [0.05, 0.1) is 0 Å². The van der Waals surface area contributed by atoms with Gasteiger partial charge in [-0.3, -0.25) is 4.79 Å². The molecule has 2 rings (SSSR count). The number of nitrogens with zero attached hydrogens (tertiary/aromatic N) is 3. The van der Waals surface area contributed by atoms with Crippen molar-refractivity contribution in [2.45, 2.75) is 47.2 Å². The molecule has 1 aromatic carbocycles. The fraction of sp³-hybridized carbons (Fsp3) is 0.450. The molecule has 0 aliphatic carbocycles. The second-order valence-corrected chi connectivity index (χ2v) is 6.97. The fourth-order valence-corrected chi connectivity index (χ4v) is 2.49. The monoisotopic (exact) mass is 340 g/mol. The molecule has 0 unspecified atom stereocenters. The Morgan fingerprint density at radius 3 is 2.40 bits per heavy atom. The van der Waals surface area contributed by atoms with Crippen LogP contribution in [0.1, 0.15) is 49.6 Å². The first-order valence-corrected chi connectivity index (χ1v) is 8.81. The third kappa shape index (κ3) is 5.55. The van der Waals surface area contributed by atoms with E-state index in [1.165, 1.54) is 0 Å². The van der Waals surface area contributed by atoms with E-state index in [0.717, 1.165) is 12.1 Å². The topological polar surface area (TPSA) is 58.1 Å². The van der Waals surface area contributed by atoms with Gasteiger partial charge in [0, 0.05) is 25.2 Å². The standard InChI is InChI=1S/C20H28N4O/c1-14(2)12-21-19-11-18(22-16(5)23-19)20(25)24(15(3)4)13-17-9-7-6-8-10-17/h6-11,14-15H,12-13H2,1-5H3,(H,21,22,23). The second-order valence-electron chi connectivity index (χ2n) is 6.97. The molecule has 0 spiro atoms. The molecule has 5 nitrogen and oxygen atoms in total. The minimum absolute atomic E-state index is 0.0723. The Kier molecular flexibility index (Phi) is 6.51. The van der Waals surface area contributed by atoms with E-state index >= 15 is 0 Å². The first-order chi connectivity index (χ1) is 11.9. The lowest BCUT2D eigenvalue weighted by molar-refractivity contribution is 0.0684. The van der Waals surface area contributed by atoms with Gasteiger partial charge in [-0.05, 0) is 32.3 Å². The molecule has 1 N–H and O–H groups in total. The van der Waals surface area contributed by atoms with Gasteiger partial charge in [-0.1, -0.05) is 44.2 Å². The maximum absolute atomic E-state index is 13.0. The van der Waals surface area contributed by atoms with E-state index in [-0.39, 0.29) is 11.9 Å². The van der Waals surface area contributed by atoms with Crippen molar-refractivity contribution in [2.75, 3.05) is 11.9 Å². The van der Waals surface area contributed by atoms with Crippen molar-refractivity contribution in [1.82, 2.24) is 14.9 Å². The average Bonchev–Trinajstić information content (AvgIpc) is 2.57. The molecule has 0 radical (unpaired) electrons. The third-order valence-electron chi connectivity index (χ3n) is 3.83. The molecule has 0 aliphatic rings. The molecule has 0 saturated heterocycles. The van der Waals surface area contributed by atoms with Gasteiger partial charge < -0.3 is 10.2 Å². The summed E-state index contributed by atoms with van der Waals surface area (Å²) in [5.74, 6) is 1.73. The molecule has 1 heterocycles. The van der Waals surface area contributed by atoms with Crippen LogP contribution in [-0.2, 0) is 6.54 Å². The lowest BCUT2D eigenvalue weighted by Crippen LogP contribution is -2.37. The van der Waals surface area contributed by atoms with E-state index in [2.05, 4.69) is 29.1 Å². The number of aryl methyl sites for hydroxylation is 1. The first kappa shape index (κ1) is 18.9. The van der Waals surface area contributed by atoms with Crippen LogP contribution in [0.25, 0.3) is 0 Å². The quantitative estimate of drug-likeness (QED) is 0.830. The summed E-state index contributed by atoms with van der Waals surface area (Å²) >= 11 is 0. The minimum atomic E-state index is -0.0723. The highest BCUT2D eigenvalue weighted by molar-refractivity contribution is 5.93. The van der Waals surface area contributed by atoms with Gasteiger partial charge in [-0.25, -0.2) is 9.97 Å². The molecule has 1 aromatic heterocycles. The summed E-state index contributed by atoms with van der Waals surface area (Å²) in [5.41, 5.74) is 1.54. The van der Waals surface area contributed by atoms with E-state index < -0.39 is 0 Å². The highest BCUT2D eigenvalue weighted by Crippen LogP contribution is 2.15. The van der Waals surface area contributed by atoms with Crippen molar-refractivity contribution in [3.63, 3.8) is 0 Å². The van der Waals surface area contributed by atoms with Crippen LogP contribution < -0.4 is 5.32 Å². The molecular formula is C20H28N4O. The molecule has 0 saturated carbocycles. The zero-order valence-corrected chi connectivity index (χ0v) is 15.8. The van der Waals surface area contributed by atoms with Crippen molar-refractivity contribution in [3.8, 4) is 0 Å². The Morgan fingerprint density at radius 1 is 1.12 bits per heavy atom. The van der Waals surface area contributed by atoms with Crippen LogP contribution in [0, 0.1) is 12.8 Å². The van der Waals surface area contributed by atoms with E-state index in [0.29, 0.717) is 29.8 Å². The number of nitrogens with one attached hydrogen (secondary N) is 1. The summed E-state index contributed by atoms with van der Waals surface area (Å²) in [5, 5.41) is 3.28. The number of hydrogen-bond donors (Lipinski definition) is 1. The van der Waals surface area contributed by atoms with Crippen LogP contribution in [0.15, 0.2) is 36.4 Å². The van der Waals surface area contributed by atoms with E-state index in [9.17, 15) is 4.79 Å². The molecule has 134 valence electrons. The summed E-state index contributed by atoms with van der Waals surface area (Å²) in [6.45, 7) is 11.5. The van der Waals surface area contributed by atoms with Crippen molar-refractivity contribution in [2.24, 2.45) is 5.92 Å². The zero-order chi connectivity index (χ0) is 18.4. The lowest BCUT2D eigenvalue weighted by Gasteiger charge is -2.27. The molecule has 0 aliphatic heterocycles. The van der Waals surface area contributed by atoms with Crippen LogP contribution in [0.3, 0.4) is 0 Å². The number of amides is 1. The number of aromatic nitrogens is 2. The summed E-state index contributed by atoms with van der Waals surface area (Å²) in [6, 6.07) is 11.8. The number of carbonyl (C=O) groups is 1. The highest BCUT2D eigenvalue weighted by Gasteiger charge is 2.21. The van der Waals surface area contributed by atoms with Gasteiger partial charge in [-0.2, -0.15) is 0 Å². The van der Waals surface area contributed by atoms with Crippen molar-refractivity contribution in [3.05, 3.63) is 53.5 Å². The number of anilines is 1. The van der Waals surface area contributed by atoms with Gasteiger partial charge in [-0.15, -0.1) is 0 Å². The Bertz CT molecular complexity index is 698. The van der Waals surface area contributed by atoms with E-state index in [1.807, 2.05) is 56.0 Å². The zero-order valence-electron chi connectivity index (χ0n) is 15.8. The molecule has 25 heavy (non-hydrogen) atoms. The maximum Gasteiger partial charge on any atom is 0.273 e. The predicted octanol–water partition coefficient (Wildman–Crippen LogP) is 3.90. The predicted molar refractivity (Wildman–Crippen MR) is 102 cm³/mol. The molecular weight excluding hydrogens is 312 g/mol. The number of rotatable bonds is 7. The second kappa shape index (κ2) is 8.60. The van der Waals surface area contributed by atoms with Gasteiger partial charge in [0.1, 0.15) is 17.3 Å². The molecule has 2 aromatic rings. The Hall–Kier alpha value is -2.43. The van der Waals surface area contributed by atoms with E-state index in [4.69, 9.17) is 0 Å². The lowest BCUT2D eigenvalue weighted by atomic mass is 10.1. The molecule has 0 fully saturated rings. The summed E-state index contributed by atoms with van der Waals surface area (Å²) in [4.78, 5) is 23.6. The molecule has 0 bridgehead atoms. The van der Waals surface area contributed by atoms with Crippen molar-refractivity contribution < 1.29 is 4.79 Å². The molecule has 5 heteroatoms. The van der Waals surface area contributed by atoms with E-state index in [1.54, 1.807) is 6.07 Å². The maximum atomic E-state index is 13.0. The largest absolute Gasteiger partial charge is 0.370 e. The van der Waals surface area contributed by atoms with Crippen LogP contribution in [-0.4, -0.2) is 33.4 Å². The van der Waals surface area contributed by atoms with Gasteiger partial charge in [0.2, 0.25) is 0 Å². The van der Waals surface area contributed by atoms with Crippen LogP contribution in [0.5, 0.6) is 0 Å². The minimum Gasteiger partial charge on any atom is -0.370 e. The van der Waals surface area contributed by atoms with Crippen molar-refractivity contribution in [1.29, 1.82) is 0 Å². The number of hydrogen-bond acceptors (Lipinski definition) is 4. The number of carbonyl (C=O) groups excluding carboxylic acids is 1. The Labute approximate surface area is 150 Å². The summed E-state index contributed by atoms with van der Waals surface area (Å²) in [7, 11) is 0. The Morgan fingerprint density at radius 2 is 1.80 bits per heavy atom. The molecule has 0 atom stereocenters. The summed E-state index contributed by atoms with van der Waals surface area (Å²) in [6.07, 6.45) is 0. The fourth-order valence-electron chi connectivity index (χ4n) is 2.49. The van der Waals surface area contributed by atoms with Crippen LogP contribution in [0.4, 0.5) is 5.82 Å². The SMILES string of the molecule is Cc1nc(NCC(C)C)cc(C(=O)N(Cc2ccccc2)C(C)C)n1. The average molecular weight is 340 g/mol. The number of benzene rings is 1. The highest BCUT2D eigenvalue weighted by atomic mass is 16.2. The summed E-state index contributed by atoms with van der Waals surface area (Å²) < 4.78 is 0. The van der Waals surface area contributed by atoms with Gasteiger partial charge in [0.15, 0.2) is 0 Å². The first-order valence-electron chi connectivity index (χ1n) is 8.81. The molecule has 1 amide bonds. The third-order valence-corrected chi connectivity index (χ3v) is 3.83. The Balaban J connectivity index is 2.23. The van der Waals surface area contributed by atoms with Gasteiger partial charge >= 0.3 is 0 Å². The normalized spacial score (nSPS) is 11.0. The van der Waals surface area contributed by atoms with Crippen LogP contribution in [0.2, 0.25) is 0 Å². The van der Waals surface area contributed by atoms with Crippen molar-refractivity contribution >= 4 is 11.7 Å². The van der Waals surface area contributed by atoms with Gasteiger partial charge in [0.25, 0.3) is 5.91 Å². The smallest absolute Gasteiger partial charge is 0.273 e.